The van der Waals surface area contributed by atoms with E-state index in [4.69, 9.17) is 32.7 Å². The molecular weight excluding hydrogens is 990 g/mol. The molecule has 0 bridgehead atoms. The third-order valence-electron chi connectivity index (χ3n) is 11.5. The number of aldehydes is 1. The third-order valence-corrected chi connectivity index (χ3v) is 15.4. The first-order chi connectivity index (χ1) is 33.5. The molecule has 0 spiro atoms. The van der Waals surface area contributed by atoms with Crippen molar-refractivity contribution in [3.8, 4) is 22.8 Å². The number of aromatic carboxylic acids is 1. The molecule has 23 heteroatoms. The Labute approximate surface area is 422 Å². The summed E-state index contributed by atoms with van der Waals surface area (Å²) in [6.07, 6.45) is 6.94. The summed E-state index contributed by atoms with van der Waals surface area (Å²) in [5.41, 5.74) is 4.33. The Morgan fingerprint density at radius 1 is 0.704 bits per heavy atom. The first-order valence-electron chi connectivity index (χ1n) is 23.1. The molecule has 6 aromatic heterocycles. The molecule has 6 heterocycles. The van der Waals surface area contributed by atoms with Gasteiger partial charge in [-0.3, -0.25) is 14.2 Å². The largest absolute Gasteiger partial charge is 0.478 e. The summed E-state index contributed by atoms with van der Waals surface area (Å²) in [6, 6.07) is 7.89. The molecular formula is C48H60Cl2F2N12O5Si2. The molecule has 0 aliphatic rings. The van der Waals surface area contributed by atoms with E-state index < -0.39 is 33.8 Å². The van der Waals surface area contributed by atoms with Gasteiger partial charge < -0.3 is 33.5 Å². The van der Waals surface area contributed by atoms with E-state index in [2.05, 4.69) is 69.4 Å². The zero-order chi connectivity index (χ0) is 51.5. The molecule has 71 heavy (non-hydrogen) atoms. The minimum absolute atomic E-state index is 0.00647. The van der Waals surface area contributed by atoms with Gasteiger partial charge in [0.15, 0.2) is 17.6 Å². The lowest BCUT2D eigenvalue weighted by atomic mass is 10.1. The van der Waals surface area contributed by atoms with Crippen LogP contribution in [0.1, 0.15) is 20.7 Å². The summed E-state index contributed by atoms with van der Waals surface area (Å²) in [5, 5.41) is 20.2. The van der Waals surface area contributed by atoms with Crippen LogP contribution in [0.4, 0.5) is 8.78 Å². The molecule has 0 saturated carbocycles. The molecule has 0 fully saturated rings. The molecule has 8 rings (SSSR count). The van der Waals surface area contributed by atoms with Crippen molar-refractivity contribution in [1.82, 2.24) is 58.4 Å². The number of benzene rings is 2. The number of hydrogen-bond acceptors (Lipinski definition) is 12. The monoisotopic (exact) mass is 1050 g/mol. The molecule has 17 nitrogen and oxygen atoms in total. The van der Waals surface area contributed by atoms with Gasteiger partial charge in [0.1, 0.15) is 64.5 Å². The highest BCUT2D eigenvalue weighted by atomic mass is 35.5. The number of carbonyl (C=O) groups excluding carboxylic acids is 1. The zero-order valence-electron chi connectivity index (χ0n) is 41.7. The number of rotatable bonds is 20. The van der Waals surface area contributed by atoms with Gasteiger partial charge in [0.2, 0.25) is 0 Å². The van der Waals surface area contributed by atoms with Crippen LogP contribution in [-0.2, 0) is 36.0 Å². The van der Waals surface area contributed by atoms with Crippen LogP contribution in [-0.4, -0.2) is 146 Å². The van der Waals surface area contributed by atoms with Crippen molar-refractivity contribution in [2.75, 3.05) is 54.5 Å². The van der Waals surface area contributed by atoms with Crippen molar-refractivity contribution in [2.45, 2.75) is 77.9 Å². The van der Waals surface area contributed by atoms with Gasteiger partial charge in [0, 0.05) is 64.9 Å². The van der Waals surface area contributed by atoms with Crippen molar-refractivity contribution in [1.29, 1.82) is 0 Å². The maximum Gasteiger partial charge on any atom is 0.339 e. The molecule has 0 unspecified atom stereocenters. The standard InChI is InChI=1S/C24H30ClFN6O3Si.C24H30ClFN6O2Si/c1-30(2)6-7-32-19-11-15(25)10-17(26)20(19)22(29-32)18-12-27-23-21(28-18)16(24(33)34)13-31(23)14-35-8-9-36(3,4)5;1-30(2)6-7-32-20-11-17(25)10-18(26)21(20)23(29-32)19-12-27-24-22(28-19)16(14-33)13-31(24)15-34-8-9-35(3,4)5/h10-13H,6-9,14H2,1-5H3,(H,33,34);10-14H,6-9,15H2,1-5H3. The molecule has 0 saturated heterocycles. The molecule has 0 aliphatic heterocycles. The highest BCUT2D eigenvalue weighted by Crippen LogP contribution is 2.34. The number of likely N-dealkylation sites (N-methyl/N-ethyl adjacent to an activating group) is 2. The fourth-order valence-corrected chi connectivity index (χ4v) is 9.52. The predicted octanol–water partition coefficient (Wildman–Crippen LogP) is 9.74. The minimum atomic E-state index is -1.25. The van der Waals surface area contributed by atoms with Crippen LogP contribution in [0, 0.1) is 11.6 Å². The molecule has 378 valence electrons. The second-order valence-corrected chi connectivity index (χ2v) is 32.5. The van der Waals surface area contributed by atoms with Crippen molar-refractivity contribution < 1.29 is 33.0 Å². The van der Waals surface area contributed by atoms with Gasteiger partial charge >= 0.3 is 5.97 Å². The van der Waals surface area contributed by atoms with Crippen LogP contribution in [0.5, 0.6) is 0 Å². The van der Waals surface area contributed by atoms with E-state index in [1.54, 1.807) is 43.0 Å². The smallest absolute Gasteiger partial charge is 0.339 e. The Kier molecular flexibility index (Phi) is 16.6. The summed E-state index contributed by atoms with van der Waals surface area (Å²) >= 11 is 12.3. The van der Waals surface area contributed by atoms with Gasteiger partial charge in [0.05, 0.1) is 52.9 Å². The number of hydrogen-bond donors (Lipinski definition) is 1. The number of carboxylic acid groups (broad SMARTS) is 1. The predicted molar refractivity (Wildman–Crippen MR) is 280 cm³/mol. The number of carbonyl (C=O) groups is 2. The first-order valence-corrected chi connectivity index (χ1v) is 31.3. The van der Waals surface area contributed by atoms with E-state index in [1.807, 2.05) is 38.0 Å². The van der Waals surface area contributed by atoms with Gasteiger partial charge in [0.25, 0.3) is 0 Å². The lowest BCUT2D eigenvalue weighted by Crippen LogP contribution is -2.22. The van der Waals surface area contributed by atoms with Crippen LogP contribution in [0.25, 0.3) is 66.9 Å². The summed E-state index contributed by atoms with van der Waals surface area (Å²) in [6.45, 7) is 17.8. The SMILES string of the molecule is CN(C)CCn1nc(-c2cnc3c(n2)c(C(=O)O)cn3COCC[Si](C)(C)C)c2c(F)cc(Cl)cc21.CN(C)CCn1nc(-c2cnc3c(n2)c(C=O)cn3COCC[Si](C)(C)C)c2c(F)cc(Cl)cc21. The Hall–Kier alpha value is -5.53. The number of aromatic nitrogens is 10. The van der Waals surface area contributed by atoms with Gasteiger partial charge in [-0.1, -0.05) is 62.5 Å². The number of ether oxygens (including phenoxy) is 2. The fraction of sp³-hybridized carbons (Fsp3) is 0.417. The van der Waals surface area contributed by atoms with Crippen molar-refractivity contribution in [3.05, 3.63) is 81.9 Å². The maximum atomic E-state index is 15.1. The zero-order valence-corrected chi connectivity index (χ0v) is 45.2. The highest BCUT2D eigenvalue weighted by Gasteiger charge is 2.24. The molecule has 2 aromatic carbocycles. The normalized spacial score (nSPS) is 12.3. The Balaban J connectivity index is 0.000000209. The lowest BCUT2D eigenvalue weighted by molar-refractivity contribution is 0.0695. The second kappa shape index (κ2) is 22.1. The number of carboxylic acids is 1. The van der Waals surface area contributed by atoms with E-state index in [0.29, 0.717) is 94.6 Å². The third kappa shape index (κ3) is 12.8. The van der Waals surface area contributed by atoms with Crippen molar-refractivity contribution in [2.24, 2.45) is 0 Å². The Bertz CT molecular complexity index is 3230. The molecule has 0 aliphatic carbocycles. The van der Waals surface area contributed by atoms with Crippen molar-refractivity contribution in [3.63, 3.8) is 0 Å². The second-order valence-electron chi connectivity index (χ2n) is 20.4. The molecule has 8 aromatic rings. The summed E-state index contributed by atoms with van der Waals surface area (Å²) in [7, 11) is 5.33. The summed E-state index contributed by atoms with van der Waals surface area (Å²) < 4.78 is 48.6. The topological polar surface area (TPSA) is 176 Å². The maximum absolute atomic E-state index is 15.1. The summed E-state index contributed by atoms with van der Waals surface area (Å²) in [4.78, 5) is 46.1. The van der Waals surface area contributed by atoms with Gasteiger partial charge in [-0.05, 0) is 64.5 Å². The number of fused-ring (bicyclic) bond motifs is 4. The van der Waals surface area contributed by atoms with E-state index in [0.717, 1.165) is 18.4 Å². The van der Waals surface area contributed by atoms with Gasteiger partial charge in [-0.25, -0.2) is 33.5 Å². The van der Waals surface area contributed by atoms with Crippen LogP contribution in [0.15, 0.2) is 49.1 Å². The van der Waals surface area contributed by atoms with Crippen LogP contribution >= 0.6 is 23.2 Å². The van der Waals surface area contributed by atoms with E-state index in [-0.39, 0.29) is 46.3 Å². The van der Waals surface area contributed by atoms with Crippen LogP contribution < -0.4 is 0 Å². The molecule has 1 N–H and O–H groups in total. The van der Waals surface area contributed by atoms with Gasteiger partial charge in [-0.2, -0.15) is 10.2 Å². The Morgan fingerprint density at radius 3 is 1.56 bits per heavy atom. The van der Waals surface area contributed by atoms with E-state index in [1.165, 1.54) is 24.5 Å². The fourth-order valence-electron chi connectivity index (χ4n) is 7.61. The van der Waals surface area contributed by atoms with Crippen molar-refractivity contribution >= 4 is 95.7 Å². The average Bonchev–Trinajstić information content (AvgIpc) is 4.05. The van der Waals surface area contributed by atoms with Crippen LogP contribution in [0.3, 0.4) is 0 Å². The molecule has 0 radical (unpaired) electrons. The quantitative estimate of drug-likeness (QED) is 0.0434. The van der Waals surface area contributed by atoms with E-state index in [9.17, 15) is 14.7 Å². The van der Waals surface area contributed by atoms with Gasteiger partial charge in [-0.15, -0.1) is 0 Å². The van der Waals surface area contributed by atoms with Crippen LogP contribution in [0.2, 0.25) is 61.4 Å². The average molecular weight is 1050 g/mol. The highest BCUT2D eigenvalue weighted by molar-refractivity contribution is 6.76. The first kappa shape index (κ1) is 53.3. The van der Waals surface area contributed by atoms with E-state index >= 15 is 8.78 Å². The number of halogens is 4. The Morgan fingerprint density at radius 2 is 1.14 bits per heavy atom. The molecule has 0 atom stereocenters. The minimum Gasteiger partial charge on any atom is -0.478 e. The lowest BCUT2D eigenvalue weighted by Gasteiger charge is -2.15. The molecule has 0 amide bonds. The number of nitrogens with zero attached hydrogens (tertiary/aromatic N) is 12. The summed E-state index contributed by atoms with van der Waals surface area (Å²) in [5.74, 6) is -2.14.